The van der Waals surface area contributed by atoms with Crippen molar-refractivity contribution in [3.63, 3.8) is 0 Å². The zero-order chi connectivity index (χ0) is 10.6. The predicted octanol–water partition coefficient (Wildman–Crippen LogP) is 0.793. The van der Waals surface area contributed by atoms with Crippen molar-refractivity contribution >= 4 is 0 Å². The van der Waals surface area contributed by atoms with Gasteiger partial charge in [0, 0.05) is 20.3 Å². The lowest BCUT2D eigenvalue weighted by molar-refractivity contribution is -0.0241. The van der Waals surface area contributed by atoms with E-state index in [1.54, 1.807) is 7.11 Å². The maximum atomic E-state index is 5.48. The molecular weight excluding hydrogens is 182 g/mol. The lowest BCUT2D eigenvalue weighted by atomic mass is 10.4. The van der Waals surface area contributed by atoms with Gasteiger partial charge in [-0.05, 0) is 6.42 Å². The van der Waals surface area contributed by atoms with E-state index in [-0.39, 0.29) is 6.10 Å². The van der Waals surface area contributed by atoms with Crippen LogP contribution in [0.4, 0.5) is 0 Å². The van der Waals surface area contributed by atoms with E-state index in [0.29, 0.717) is 26.4 Å². The average molecular weight is 205 g/mol. The van der Waals surface area contributed by atoms with E-state index in [4.69, 9.17) is 19.9 Å². The molecule has 86 valence electrons. The Hall–Kier alpha value is -0.160. The lowest BCUT2D eigenvalue weighted by Gasteiger charge is -2.14. The van der Waals surface area contributed by atoms with Crippen molar-refractivity contribution in [1.29, 1.82) is 0 Å². The highest BCUT2D eigenvalue weighted by Gasteiger charge is 2.04. The maximum Gasteiger partial charge on any atom is 0.0931 e. The summed E-state index contributed by atoms with van der Waals surface area (Å²) in [4.78, 5) is 0. The maximum absolute atomic E-state index is 5.48. The van der Waals surface area contributed by atoms with E-state index >= 15 is 0 Å². The van der Waals surface area contributed by atoms with Gasteiger partial charge in [0.25, 0.3) is 0 Å². The second-order valence-corrected chi connectivity index (χ2v) is 3.15. The zero-order valence-corrected chi connectivity index (χ0v) is 9.33. The van der Waals surface area contributed by atoms with Gasteiger partial charge in [0.2, 0.25) is 0 Å². The Morgan fingerprint density at radius 2 is 2.00 bits per heavy atom. The molecule has 0 rings (SSSR count). The standard InChI is InChI=1S/C10H23NO3/c1-3-4-5-13-6-7-14-10(8-11)9-12-2/h10H,3-9,11H2,1-2H3. The molecule has 4 heteroatoms. The van der Waals surface area contributed by atoms with Crippen LogP contribution in [0.3, 0.4) is 0 Å². The monoisotopic (exact) mass is 205 g/mol. The van der Waals surface area contributed by atoms with Gasteiger partial charge in [-0.25, -0.2) is 0 Å². The molecule has 0 heterocycles. The van der Waals surface area contributed by atoms with Gasteiger partial charge in [0.15, 0.2) is 0 Å². The first-order valence-corrected chi connectivity index (χ1v) is 5.23. The molecule has 0 aliphatic carbocycles. The molecule has 0 radical (unpaired) electrons. The van der Waals surface area contributed by atoms with Crippen molar-refractivity contribution in [3.8, 4) is 0 Å². The highest BCUT2D eigenvalue weighted by molar-refractivity contribution is 4.55. The fraction of sp³-hybridized carbons (Fsp3) is 1.00. The second kappa shape index (κ2) is 10.9. The van der Waals surface area contributed by atoms with Gasteiger partial charge < -0.3 is 19.9 Å². The van der Waals surface area contributed by atoms with E-state index in [2.05, 4.69) is 6.92 Å². The molecule has 0 aliphatic rings. The average Bonchev–Trinajstić information content (AvgIpc) is 2.21. The van der Waals surface area contributed by atoms with E-state index in [1.165, 1.54) is 0 Å². The number of methoxy groups -OCH3 is 1. The number of ether oxygens (including phenoxy) is 3. The van der Waals surface area contributed by atoms with E-state index in [9.17, 15) is 0 Å². The highest BCUT2D eigenvalue weighted by atomic mass is 16.5. The van der Waals surface area contributed by atoms with Gasteiger partial charge in [-0.1, -0.05) is 13.3 Å². The van der Waals surface area contributed by atoms with Crippen LogP contribution >= 0.6 is 0 Å². The SMILES string of the molecule is CCCCOCCOC(CN)COC. The highest BCUT2D eigenvalue weighted by Crippen LogP contribution is 1.92. The molecule has 0 aromatic heterocycles. The summed E-state index contributed by atoms with van der Waals surface area (Å²) < 4.78 is 15.7. The van der Waals surface area contributed by atoms with Crippen molar-refractivity contribution in [2.45, 2.75) is 25.9 Å². The summed E-state index contributed by atoms with van der Waals surface area (Å²) >= 11 is 0. The quantitative estimate of drug-likeness (QED) is 0.536. The van der Waals surface area contributed by atoms with Gasteiger partial charge in [-0.15, -0.1) is 0 Å². The summed E-state index contributed by atoms with van der Waals surface area (Å²) in [6, 6.07) is 0. The molecule has 0 spiro atoms. The molecular formula is C10H23NO3. The molecule has 1 atom stereocenters. The Morgan fingerprint density at radius 1 is 1.21 bits per heavy atom. The second-order valence-electron chi connectivity index (χ2n) is 3.15. The zero-order valence-electron chi connectivity index (χ0n) is 9.33. The van der Waals surface area contributed by atoms with Crippen molar-refractivity contribution < 1.29 is 14.2 Å². The predicted molar refractivity (Wildman–Crippen MR) is 56.4 cm³/mol. The first-order valence-electron chi connectivity index (χ1n) is 5.23. The lowest BCUT2D eigenvalue weighted by Crippen LogP contribution is -2.29. The molecule has 0 saturated heterocycles. The molecule has 0 saturated carbocycles. The molecule has 4 nitrogen and oxygen atoms in total. The molecule has 0 fully saturated rings. The smallest absolute Gasteiger partial charge is 0.0931 e. The Bertz CT molecular complexity index is 112. The third kappa shape index (κ3) is 8.44. The molecule has 0 aromatic rings. The third-order valence-electron chi connectivity index (χ3n) is 1.84. The number of hydrogen-bond acceptors (Lipinski definition) is 4. The minimum atomic E-state index is -0.00484. The van der Waals surface area contributed by atoms with Crippen molar-refractivity contribution in [3.05, 3.63) is 0 Å². The fourth-order valence-corrected chi connectivity index (χ4v) is 0.992. The van der Waals surface area contributed by atoms with Crippen LogP contribution < -0.4 is 5.73 Å². The summed E-state index contributed by atoms with van der Waals surface area (Å²) in [5.41, 5.74) is 5.48. The van der Waals surface area contributed by atoms with E-state index in [0.717, 1.165) is 19.4 Å². The van der Waals surface area contributed by atoms with Crippen LogP contribution in [-0.2, 0) is 14.2 Å². The third-order valence-corrected chi connectivity index (χ3v) is 1.84. The summed E-state index contributed by atoms with van der Waals surface area (Å²) in [6.07, 6.45) is 2.27. The van der Waals surface area contributed by atoms with E-state index in [1.807, 2.05) is 0 Å². The molecule has 0 amide bonds. The minimum Gasteiger partial charge on any atom is -0.382 e. The van der Waals surface area contributed by atoms with Crippen LogP contribution in [-0.4, -0.2) is 46.2 Å². The summed E-state index contributed by atoms with van der Waals surface area (Å²) in [5, 5.41) is 0. The van der Waals surface area contributed by atoms with Gasteiger partial charge >= 0.3 is 0 Å². The Morgan fingerprint density at radius 3 is 2.57 bits per heavy atom. The molecule has 14 heavy (non-hydrogen) atoms. The Balaban J connectivity index is 3.15. The fourth-order valence-electron chi connectivity index (χ4n) is 0.992. The van der Waals surface area contributed by atoms with Crippen molar-refractivity contribution in [2.75, 3.05) is 40.1 Å². The summed E-state index contributed by atoms with van der Waals surface area (Å²) in [7, 11) is 1.64. The summed E-state index contributed by atoms with van der Waals surface area (Å²) in [5.74, 6) is 0. The van der Waals surface area contributed by atoms with Gasteiger partial charge in [-0.2, -0.15) is 0 Å². The van der Waals surface area contributed by atoms with Crippen LogP contribution in [0.5, 0.6) is 0 Å². The number of hydrogen-bond donors (Lipinski definition) is 1. The largest absolute Gasteiger partial charge is 0.382 e. The van der Waals surface area contributed by atoms with Crippen LogP contribution in [0.15, 0.2) is 0 Å². The molecule has 1 unspecified atom stereocenters. The molecule has 2 N–H and O–H groups in total. The van der Waals surface area contributed by atoms with Crippen LogP contribution in [0.2, 0.25) is 0 Å². The van der Waals surface area contributed by atoms with Crippen LogP contribution in [0.25, 0.3) is 0 Å². The first kappa shape index (κ1) is 13.8. The minimum absolute atomic E-state index is 0.00484. The first-order chi connectivity index (χ1) is 6.85. The molecule has 0 aromatic carbocycles. The number of nitrogens with two attached hydrogens (primary N) is 1. The normalized spacial score (nSPS) is 13.1. The van der Waals surface area contributed by atoms with Gasteiger partial charge in [0.1, 0.15) is 0 Å². The van der Waals surface area contributed by atoms with Crippen LogP contribution in [0.1, 0.15) is 19.8 Å². The van der Waals surface area contributed by atoms with Crippen molar-refractivity contribution in [1.82, 2.24) is 0 Å². The molecule has 0 bridgehead atoms. The topological polar surface area (TPSA) is 53.7 Å². The van der Waals surface area contributed by atoms with E-state index < -0.39 is 0 Å². The Kier molecular flexibility index (Phi) is 10.8. The summed E-state index contributed by atoms with van der Waals surface area (Å²) in [6.45, 7) is 5.23. The number of rotatable bonds is 10. The van der Waals surface area contributed by atoms with Gasteiger partial charge in [-0.3, -0.25) is 0 Å². The molecule has 0 aliphatic heterocycles. The Labute approximate surface area is 86.7 Å². The van der Waals surface area contributed by atoms with Gasteiger partial charge in [0.05, 0.1) is 25.9 Å². The van der Waals surface area contributed by atoms with Crippen LogP contribution in [0, 0.1) is 0 Å². The number of unbranched alkanes of at least 4 members (excludes halogenated alkanes) is 1. The van der Waals surface area contributed by atoms with Crippen molar-refractivity contribution in [2.24, 2.45) is 5.73 Å².